The van der Waals surface area contributed by atoms with E-state index in [0.717, 1.165) is 35.2 Å². The number of thioether (sulfide) groups is 1. The van der Waals surface area contributed by atoms with Crippen molar-refractivity contribution in [2.24, 2.45) is 10.7 Å². The van der Waals surface area contributed by atoms with Crippen molar-refractivity contribution in [3.8, 4) is 10.4 Å². The van der Waals surface area contributed by atoms with Crippen LogP contribution in [0.2, 0.25) is 5.02 Å². The maximum atomic E-state index is 6.15. The fraction of sp³-hybridized carbons (Fsp3) is 0.353. The molecule has 4 rings (SSSR count). The molecule has 1 aromatic carbocycles. The van der Waals surface area contributed by atoms with E-state index in [1.807, 2.05) is 29.5 Å². The molecule has 2 N–H and O–H groups in total. The van der Waals surface area contributed by atoms with Gasteiger partial charge in [0.2, 0.25) is 0 Å². The van der Waals surface area contributed by atoms with Crippen molar-refractivity contribution in [2.75, 3.05) is 5.75 Å². The second-order valence-corrected chi connectivity index (χ2v) is 8.58. The molecule has 114 valence electrons. The second kappa shape index (κ2) is 5.59. The van der Waals surface area contributed by atoms with Gasteiger partial charge in [-0.15, -0.1) is 11.3 Å². The molecular weight excluding hydrogens is 332 g/mol. The number of benzene rings is 1. The van der Waals surface area contributed by atoms with Crippen LogP contribution in [0.5, 0.6) is 0 Å². The van der Waals surface area contributed by atoms with Gasteiger partial charge < -0.3 is 5.73 Å². The molecule has 0 bridgehead atoms. The summed E-state index contributed by atoms with van der Waals surface area (Å²) in [5, 5.41) is 1.53. The van der Waals surface area contributed by atoms with Crippen LogP contribution in [0.1, 0.15) is 29.7 Å². The van der Waals surface area contributed by atoms with Crippen LogP contribution in [0, 0.1) is 0 Å². The van der Waals surface area contributed by atoms with Crippen LogP contribution in [0.25, 0.3) is 10.4 Å². The average molecular weight is 349 g/mol. The summed E-state index contributed by atoms with van der Waals surface area (Å²) in [6.45, 7) is 0. The number of nitrogens with zero attached hydrogens (tertiary/aromatic N) is 1. The van der Waals surface area contributed by atoms with E-state index in [1.165, 1.54) is 27.3 Å². The molecule has 22 heavy (non-hydrogen) atoms. The van der Waals surface area contributed by atoms with E-state index in [0.29, 0.717) is 0 Å². The van der Waals surface area contributed by atoms with Gasteiger partial charge in [-0.05, 0) is 55.0 Å². The lowest BCUT2D eigenvalue weighted by Crippen LogP contribution is -2.34. The molecule has 0 amide bonds. The Morgan fingerprint density at radius 1 is 1.23 bits per heavy atom. The van der Waals surface area contributed by atoms with Gasteiger partial charge in [-0.1, -0.05) is 35.5 Å². The lowest BCUT2D eigenvalue weighted by molar-refractivity contribution is 0.368. The summed E-state index contributed by atoms with van der Waals surface area (Å²) >= 11 is 9.72. The number of thiophene rings is 1. The van der Waals surface area contributed by atoms with Crippen molar-refractivity contribution >= 4 is 39.9 Å². The highest BCUT2D eigenvalue weighted by Crippen LogP contribution is 2.49. The van der Waals surface area contributed by atoms with Crippen molar-refractivity contribution in [1.29, 1.82) is 0 Å². The van der Waals surface area contributed by atoms with E-state index in [1.54, 1.807) is 11.8 Å². The minimum atomic E-state index is -0.0732. The summed E-state index contributed by atoms with van der Waals surface area (Å²) in [5.74, 6) is 1.07. The number of aliphatic imine (C=N–C) groups is 1. The molecule has 1 unspecified atom stereocenters. The number of nitrogens with two attached hydrogens (primary N) is 1. The fourth-order valence-corrected chi connectivity index (χ4v) is 5.84. The highest BCUT2D eigenvalue weighted by Gasteiger charge is 2.39. The van der Waals surface area contributed by atoms with Gasteiger partial charge in [0, 0.05) is 20.5 Å². The molecule has 0 saturated heterocycles. The maximum absolute atomic E-state index is 6.15. The normalized spacial score (nSPS) is 24.1. The van der Waals surface area contributed by atoms with Crippen molar-refractivity contribution in [2.45, 2.75) is 31.2 Å². The Bertz CT molecular complexity index is 753. The molecule has 0 radical (unpaired) electrons. The topological polar surface area (TPSA) is 38.4 Å². The summed E-state index contributed by atoms with van der Waals surface area (Å²) in [6, 6.07) is 10.4. The highest BCUT2D eigenvalue weighted by atomic mass is 35.5. The zero-order valence-corrected chi connectivity index (χ0v) is 14.5. The van der Waals surface area contributed by atoms with Gasteiger partial charge in [-0.2, -0.15) is 0 Å². The third-order valence-electron chi connectivity index (χ3n) is 4.50. The minimum Gasteiger partial charge on any atom is -0.379 e. The van der Waals surface area contributed by atoms with Gasteiger partial charge in [-0.25, -0.2) is 0 Å². The predicted molar refractivity (Wildman–Crippen MR) is 98.1 cm³/mol. The lowest BCUT2D eigenvalue weighted by Gasteiger charge is -2.36. The molecule has 1 aromatic heterocycles. The molecule has 1 aliphatic heterocycles. The molecule has 1 aliphatic carbocycles. The number of aryl methyl sites for hydroxylation is 1. The van der Waals surface area contributed by atoms with Crippen molar-refractivity contribution < 1.29 is 0 Å². The Morgan fingerprint density at radius 2 is 2.14 bits per heavy atom. The molecule has 2 aromatic rings. The van der Waals surface area contributed by atoms with Crippen LogP contribution in [0.15, 0.2) is 35.3 Å². The SMILES string of the molecule is NC1=NC2(CCCc3sc(-c4cccc(Cl)c4)cc32)CCS1. The molecule has 0 fully saturated rings. The van der Waals surface area contributed by atoms with E-state index < -0.39 is 0 Å². The van der Waals surface area contributed by atoms with Gasteiger partial charge in [0.25, 0.3) is 0 Å². The molecule has 2 aliphatic rings. The summed E-state index contributed by atoms with van der Waals surface area (Å²) in [7, 11) is 0. The van der Waals surface area contributed by atoms with Crippen LogP contribution < -0.4 is 5.73 Å². The second-order valence-electron chi connectivity index (χ2n) is 5.89. The monoisotopic (exact) mass is 348 g/mol. The summed E-state index contributed by atoms with van der Waals surface area (Å²) < 4.78 is 0. The van der Waals surface area contributed by atoms with E-state index >= 15 is 0 Å². The number of fused-ring (bicyclic) bond motifs is 2. The Balaban J connectivity index is 1.82. The molecule has 1 spiro atoms. The van der Waals surface area contributed by atoms with Crippen molar-refractivity contribution in [1.82, 2.24) is 0 Å². The molecular formula is C17H17ClN2S2. The Labute approximate surface area is 143 Å². The summed E-state index contributed by atoms with van der Waals surface area (Å²) in [4.78, 5) is 7.65. The van der Waals surface area contributed by atoms with Gasteiger partial charge in [0.05, 0.1) is 5.54 Å². The average Bonchev–Trinajstić information content (AvgIpc) is 2.93. The van der Waals surface area contributed by atoms with Gasteiger partial charge in [-0.3, -0.25) is 4.99 Å². The van der Waals surface area contributed by atoms with E-state index in [4.69, 9.17) is 22.3 Å². The van der Waals surface area contributed by atoms with Crippen LogP contribution in [0.4, 0.5) is 0 Å². The van der Waals surface area contributed by atoms with E-state index in [-0.39, 0.29) is 5.54 Å². The minimum absolute atomic E-state index is 0.0732. The van der Waals surface area contributed by atoms with E-state index in [9.17, 15) is 0 Å². The number of hydrogen-bond acceptors (Lipinski definition) is 4. The van der Waals surface area contributed by atoms with Crippen LogP contribution in [-0.2, 0) is 12.0 Å². The van der Waals surface area contributed by atoms with Gasteiger partial charge in [0.1, 0.15) is 0 Å². The smallest absolute Gasteiger partial charge is 0.154 e. The first-order valence-corrected chi connectivity index (χ1v) is 9.72. The third kappa shape index (κ3) is 2.47. The zero-order valence-electron chi connectivity index (χ0n) is 12.1. The number of hydrogen-bond donors (Lipinski definition) is 1. The third-order valence-corrected chi connectivity index (χ3v) is 6.78. The standard InChI is InChI=1S/C17H17ClN2S2/c18-12-4-1-3-11(9-12)15-10-13-14(22-15)5-2-6-17(13)7-8-21-16(19)20-17/h1,3-4,9-10H,2,5-8H2,(H2,19,20). The van der Waals surface area contributed by atoms with Gasteiger partial charge in [0.15, 0.2) is 5.17 Å². The number of rotatable bonds is 1. The molecule has 5 heteroatoms. The molecule has 0 saturated carbocycles. The number of halogens is 1. The van der Waals surface area contributed by atoms with Crippen LogP contribution in [0.3, 0.4) is 0 Å². The quantitative estimate of drug-likeness (QED) is 0.782. The molecule has 2 heterocycles. The first-order chi connectivity index (χ1) is 10.7. The van der Waals surface area contributed by atoms with Crippen LogP contribution >= 0.6 is 34.7 Å². The largest absolute Gasteiger partial charge is 0.379 e. The predicted octanol–water partition coefficient (Wildman–Crippen LogP) is 5.05. The Kier molecular flexibility index (Phi) is 3.71. The summed E-state index contributed by atoms with van der Waals surface area (Å²) in [6.07, 6.45) is 4.57. The lowest BCUT2D eigenvalue weighted by atomic mass is 9.78. The molecule has 1 atom stereocenters. The van der Waals surface area contributed by atoms with E-state index in [2.05, 4.69) is 12.1 Å². The Hall–Kier alpha value is -0.970. The van der Waals surface area contributed by atoms with Crippen LogP contribution in [-0.4, -0.2) is 10.9 Å². The first-order valence-electron chi connectivity index (χ1n) is 7.54. The van der Waals surface area contributed by atoms with Crippen molar-refractivity contribution in [3.63, 3.8) is 0 Å². The highest BCUT2D eigenvalue weighted by molar-refractivity contribution is 8.13. The zero-order chi connectivity index (χ0) is 15.2. The first kappa shape index (κ1) is 14.6. The summed E-state index contributed by atoms with van der Waals surface area (Å²) in [5.41, 5.74) is 8.56. The Morgan fingerprint density at radius 3 is 2.95 bits per heavy atom. The molecule has 2 nitrogen and oxygen atoms in total. The van der Waals surface area contributed by atoms with Gasteiger partial charge >= 0.3 is 0 Å². The maximum Gasteiger partial charge on any atom is 0.154 e. The number of amidine groups is 1. The van der Waals surface area contributed by atoms with Crippen molar-refractivity contribution in [3.05, 3.63) is 45.8 Å². The fourth-order valence-electron chi connectivity index (χ4n) is 3.47.